The van der Waals surface area contributed by atoms with Crippen LogP contribution < -0.4 is 0 Å². The van der Waals surface area contributed by atoms with Crippen molar-refractivity contribution in [2.45, 2.75) is 19.9 Å². The molecule has 19 heavy (non-hydrogen) atoms. The molecule has 98 valence electrons. The van der Waals surface area contributed by atoms with Gasteiger partial charge in [0.1, 0.15) is 12.9 Å². The molecule has 0 radical (unpaired) electrons. The van der Waals surface area contributed by atoms with Gasteiger partial charge in [0.15, 0.2) is 11.6 Å². The lowest BCUT2D eigenvalue weighted by Crippen LogP contribution is -2.09. The van der Waals surface area contributed by atoms with Crippen LogP contribution >= 0.6 is 0 Å². The Bertz CT molecular complexity index is 604. The molecule has 2 rings (SSSR count). The van der Waals surface area contributed by atoms with Gasteiger partial charge in [-0.05, 0) is 12.1 Å². The monoisotopic (exact) mass is 260 g/mol. The summed E-state index contributed by atoms with van der Waals surface area (Å²) in [7, 11) is 0. The molecular formula is C12H12N4O3. The fraction of sp³-hybridized carbons (Fsp3) is 0.250. The van der Waals surface area contributed by atoms with Gasteiger partial charge in [-0.2, -0.15) is 5.10 Å². The Balaban J connectivity index is 2.18. The lowest BCUT2D eigenvalue weighted by atomic mass is 10.2. The van der Waals surface area contributed by atoms with Gasteiger partial charge in [0.05, 0.1) is 4.92 Å². The fourth-order valence-corrected chi connectivity index (χ4v) is 1.53. The van der Waals surface area contributed by atoms with Crippen LogP contribution in [0.3, 0.4) is 0 Å². The number of hydrogen-bond donors (Lipinski definition) is 0. The number of carbonyl (C=O) groups is 1. The Kier molecular flexibility index (Phi) is 3.65. The predicted molar refractivity (Wildman–Crippen MR) is 67.4 cm³/mol. The largest absolute Gasteiger partial charge is 0.298 e. The molecule has 0 aliphatic heterocycles. The molecule has 0 spiro atoms. The average molecular weight is 260 g/mol. The quantitative estimate of drug-likeness (QED) is 0.604. The van der Waals surface area contributed by atoms with E-state index in [0.717, 1.165) is 0 Å². The van der Waals surface area contributed by atoms with E-state index >= 15 is 0 Å². The van der Waals surface area contributed by atoms with Crippen molar-refractivity contribution in [3.05, 3.63) is 40.7 Å². The molecule has 0 unspecified atom stereocenters. The van der Waals surface area contributed by atoms with Crippen molar-refractivity contribution >= 4 is 11.5 Å². The topological polar surface area (TPSA) is 90.9 Å². The molecule has 2 aromatic rings. The molecule has 0 saturated carbocycles. The van der Waals surface area contributed by atoms with Gasteiger partial charge in [-0.25, -0.2) is 9.67 Å². The van der Waals surface area contributed by atoms with E-state index in [-0.39, 0.29) is 18.0 Å². The summed E-state index contributed by atoms with van der Waals surface area (Å²) >= 11 is 0. The molecule has 7 heteroatoms. The van der Waals surface area contributed by atoms with Gasteiger partial charge in [0.25, 0.3) is 5.69 Å². The van der Waals surface area contributed by atoms with Crippen molar-refractivity contribution in [1.29, 1.82) is 0 Å². The van der Waals surface area contributed by atoms with Crippen LogP contribution in [0.5, 0.6) is 0 Å². The molecule has 0 N–H and O–H groups in total. The second kappa shape index (κ2) is 5.38. The highest BCUT2D eigenvalue weighted by Crippen LogP contribution is 2.18. The maximum absolute atomic E-state index is 11.3. The van der Waals surface area contributed by atoms with Crippen LogP contribution in [0, 0.1) is 10.1 Å². The van der Waals surface area contributed by atoms with Crippen molar-refractivity contribution in [2.75, 3.05) is 0 Å². The highest BCUT2D eigenvalue weighted by Gasteiger charge is 2.09. The summed E-state index contributed by atoms with van der Waals surface area (Å²) in [6.45, 7) is 1.98. The van der Waals surface area contributed by atoms with Gasteiger partial charge in [0, 0.05) is 24.1 Å². The minimum absolute atomic E-state index is 0.0179. The van der Waals surface area contributed by atoms with Gasteiger partial charge in [-0.1, -0.05) is 6.92 Å². The van der Waals surface area contributed by atoms with Crippen molar-refractivity contribution in [3.8, 4) is 11.4 Å². The number of non-ortho nitro benzene ring substituents is 1. The smallest absolute Gasteiger partial charge is 0.269 e. The SMILES string of the molecule is CCC(=O)Cn1cnc(-c2ccc([N+](=O)[O-])cc2)n1. The first-order chi connectivity index (χ1) is 9.10. The summed E-state index contributed by atoms with van der Waals surface area (Å²) in [6, 6.07) is 5.96. The summed E-state index contributed by atoms with van der Waals surface area (Å²) in [4.78, 5) is 25.4. The second-order valence-corrected chi connectivity index (χ2v) is 3.96. The summed E-state index contributed by atoms with van der Waals surface area (Å²) in [5, 5.41) is 14.7. The van der Waals surface area contributed by atoms with Crippen molar-refractivity contribution < 1.29 is 9.72 Å². The molecule has 0 fully saturated rings. The molecule has 0 bridgehead atoms. The standard InChI is InChI=1S/C12H12N4O3/c1-2-11(17)7-15-8-13-12(14-15)9-3-5-10(6-4-9)16(18)19/h3-6,8H,2,7H2,1H3. The number of carbonyl (C=O) groups excluding carboxylic acids is 1. The van der Waals surface area contributed by atoms with Crippen molar-refractivity contribution in [3.63, 3.8) is 0 Å². The Morgan fingerprint density at radius 3 is 2.63 bits per heavy atom. The molecule has 1 heterocycles. The van der Waals surface area contributed by atoms with E-state index in [2.05, 4.69) is 10.1 Å². The Morgan fingerprint density at radius 1 is 1.37 bits per heavy atom. The van der Waals surface area contributed by atoms with Crippen LogP contribution in [-0.2, 0) is 11.3 Å². The fourth-order valence-electron chi connectivity index (χ4n) is 1.53. The Hall–Kier alpha value is -2.57. The van der Waals surface area contributed by atoms with Gasteiger partial charge in [0.2, 0.25) is 0 Å². The lowest BCUT2D eigenvalue weighted by Gasteiger charge is -1.97. The summed E-state index contributed by atoms with van der Waals surface area (Å²) in [5.74, 6) is 0.513. The van der Waals surface area contributed by atoms with Crippen LogP contribution in [0.15, 0.2) is 30.6 Å². The lowest BCUT2D eigenvalue weighted by molar-refractivity contribution is -0.384. The second-order valence-electron chi connectivity index (χ2n) is 3.96. The van der Waals surface area contributed by atoms with E-state index in [1.165, 1.54) is 23.1 Å². The van der Waals surface area contributed by atoms with Crippen LogP contribution in [0.2, 0.25) is 0 Å². The van der Waals surface area contributed by atoms with Gasteiger partial charge >= 0.3 is 0 Å². The molecule has 0 amide bonds. The van der Waals surface area contributed by atoms with E-state index in [1.54, 1.807) is 19.1 Å². The molecule has 0 saturated heterocycles. The third-order valence-corrected chi connectivity index (χ3v) is 2.61. The van der Waals surface area contributed by atoms with E-state index in [1.807, 2.05) is 0 Å². The van der Waals surface area contributed by atoms with E-state index < -0.39 is 4.92 Å². The molecule has 7 nitrogen and oxygen atoms in total. The maximum Gasteiger partial charge on any atom is 0.269 e. The highest BCUT2D eigenvalue weighted by atomic mass is 16.6. The van der Waals surface area contributed by atoms with Crippen LogP contribution in [0.1, 0.15) is 13.3 Å². The zero-order valence-electron chi connectivity index (χ0n) is 10.3. The molecule has 1 aromatic carbocycles. The molecule has 1 aromatic heterocycles. The van der Waals surface area contributed by atoms with Crippen LogP contribution in [0.25, 0.3) is 11.4 Å². The molecular weight excluding hydrogens is 248 g/mol. The average Bonchev–Trinajstić information content (AvgIpc) is 2.87. The zero-order chi connectivity index (χ0) is 13.8. The van der Waals surface area contributed by atoms with Gasteiger partial charge in [-0.3, -0.25) is 14.9 Å². The number of hydrogen-bond acceptors (Lipinski definition) is 5. The van der Waals surface area contributed by atoms with Crippen LogP contribution in [0.4, 0.5) is 5.69 Å². The third-order valence-electron chi connectivity index (χ3n) is 2.61. The number of benzene rings is 1. The Labute approximate surface area is 109 Å². The number of rotatable bonds is 5. The number of nitro benzene ring substituents is 1. The minimum atomic E-state index is -0.463. The van der Waals surface area contributed by atoms with Crippen LogP contribution in [-0.4, -0.2) is 25.5 Å². The van der Waals surface area contributed by atoms with Gasteiger partial charge in [-0.15, -0.1) is 0 Å². The zero-order valence-corrected chi connectivity index (χ0v) is 10.3. The third kappa shape index (κ3) is 3.01. The number of nitro groups is 1. The van der Waals surface area contributed by atoms with Crippen molar-refractivity contribution in [2.24, 2.45) is 0 Å². The number of nitrogens with zero attached hydrogens (tertiary/aromatic N) is 4. The molecule has 0 atom stereocenters. The first kappa shape index (κ1) is 12.9. The summed E-state index contributed by atoms with van der Waals surface area (Å²) in [6.07, 6.45) is 1.93. The van der Waals surface area contributed by atoms with E-state index in [9.17, 15) is 14.9 Å². The summed E-state index contributed by atoms with van der Waals surface area (Å²) in [5.41, 5.74) is 0.692. The summed E-state index contributed by atoms with van der Waals surface area (Å²) < 4.78 is 1.46. The highest BCUT2D eigenvalue weighted by molar-refractivity contribution is 5.77. The normalized spacial score (nSPS) is 10.4. The first-order valence-electron chi connectivity index (χ1n) is 5.76. The number of ketones is 1. The van der Waals surface area contributed by atoms with E-state index in [0.29, 0.717) is 17.8 Å². The molecule has 0 aliphatic rings. The Morgan fingerprint density at radius 2 is 2.05 bits per heavy atom. The predicted octanol–water partition coefficient (Wildman–Crippen LogP) is 1.83. The van der Waals surface area contributed by atoms with Gasteiger partial charge < -0.3 is 0 Å². The minimum Gasteiger partial charge on any atom is -0.298 e. The molecule has 0 aliphatic carbocycles. The van der Waals surface area contributed by atoms with Crippen molar-refractivity contribution in [1.82, 2.24) is 14.8 Å². The number of aromatic nitrogens is 3. The first-order valence-corrected chi connectivity index (χ1v) is 5.76. The van der Waals surface area contributed by atoms with E-state index in [4.69, 9.17) is 0 Å². The number of Topliss-reactive ketones (excluding diaryl/α,β-unsaturated/α-hetero) is 1. The maximum atomic E-state index is 11.3.